The summed E-state index contributed by atoms with van der Waals surface area (Å²) in [5.74, 6) is 0. The molecule has 7 heteroatoms. The first kappa shape index (κ1) is 10.8. The van der Waals surface area contributed by atoms with Crippen molar-refractivity contribution in [2.45, 2.75) is 19.3 Å². The maximum atomic E-state index is 12.4. The van der Waals surface area contributed by atoms with Crippen LogP contribution in [0.2, 0.25) is 0 Å². The average Bonchev–Trinajstić information content (AvgIpc) is 2.67. The highest BCUT2D eigenvalue weighted by atomic mass is 32.1. The molecule has 1 aliphatic rings. The minimum atomic E-state index is -4.88. The smallest absolute Gasteiger partial charge is 0.444 e. The molecule has 2 nitrogen and oxygen atoms in total. The molecule has 0 atom stereocenters. The number of hydrogen-bond donors (Lipinski definition) is 0. The van der Waals surface area contributed by atoms with Crippen LogP contribution in [0, 0.1) is 0 Å². The molecule has 0 N–H and O–H groups in total. The molecule has 84 valence electrons. The lowest BCUT2D eigenvalue weighted by Crippen LogP contribution is -2.31. The van der Waals surface area contributed by atoms with Crippen LogP contribution in [0.1, 0.15) is 19.3 Å². The van der Waals surface area contributed by atoms with E-state index in [0.29, 0.717) is 5.13 Å². The summed E-state index contributed by atoms with van der Waals surface area (Å²) >= 11 is 0.764. The van der Waals surface area contributed by atoms with Crippen molar-refractivity contribution >= 4 is 28.2 Å². The third-order valence-corrected chi connectivity index (χ3v) is 3.62. The van der Waals surface area contributed by atoms with Crippen LogP contribution in [0.4, 0.5) is 18.1 Å². The van der Waals surface area contributed by atoms with Gasteiger partial charge in [-0.2, -0.15) is 0 Å². The van der Waals surface area contributed by atoms with E-state index in [4.69, 9.17) is 0 Å². The minimum absolute atomic E-state index is 0.518. The van der Waals surface area contributed by atoms with Gasteiger partial charge >= 0.3 is 6.98 Å². The van der Waals surface area contributed by atoms with E-state index in [1.807, 2.05) is 4.90 Å². The first-order chi connectivity index (χ1) is 7.07. The lowest BCUT2D eigenvalue weighted by atomic mass is 9.91. The molecule has 0 unspecified atom stereocenters. The van der Waals surface area contributed by atoms with E-state index in [2.05, 4.69) is 4.98 Å². The zero-order valence-electron chi connectivity index (χ0n) is 8.13. The number of aromatic nitrogens is 1. The highest BCUT2D eigenvalue weighted by Crippen LogP contribution is 2.23. The van der Waals surface area contributed by atoms with E-state index in [9.17, 15) is 12.9 Å². The Kier molecular flexibility index (Phi) is 2.90. The number of thiazole rings is 1. The summed E-state index contributed by atoms with van der Waals surface area (Å²) in [7, 11) is 0. The molecule has 0 aliphatic carbocycles. The van der Waals surface area contributed by atoms with Crippen LogP contribution < -0.4 is 9.68 Å². The largest absolute Gasteiger partial charge is 0.521 e. The first-order valence-electron chi connectivity index (χ1n) is 4.98. The third-order valence-electron chi connectivity index (χ3n) is 2.46. The SMILES string of the molecule is F[B-](F)(F)c1cnc(N2CCCCC2)s1. The van der Waals surface area contributed by atoms with Crippen LogP contribution in [0.5, 0.6) is 0 Å². The van der Waals surface area contributed by atoms with Gasteiger partial charge in [-0.15, -0.1) is 11.3 Å². The summed E-state index contributed by atoms with van der Waals surface area (Å²) in [5.41, 5.74) is 0. The molecule has 15 heavy (non-hydrogen) atoms. The van der Waals surface area contributed by atoms with Crippen LogP contribution in [0.15, 0.2) is 6.20 Å². The molecule has 1 fully saturated rings. The van der Waals surface area contributed by atoms with Gasteiger partial charge in [-0.1, -0.05) is 0 Å². The topological polar surface area (TPSA) is 16.1 Å². The van der Waals surface area contributed by atoms with E-state index in [1.165, 1.54) is 0 Å². The molecule has 0 aromatic carbocycles. The van der Waals surface area contributed by atoms with Crippen LogP contribution >= 0.6 is 11.3 Å². The molecule has 0 radical (unpaired) electrons. The lowest BCUT2D eigenvalue weighted by Gasteiger charge is -2.26. The van der Waals surface area contributed by atoms with Crippen molar-refractivity contribution in [2.75, 3.05) is 18.0 Å². The maximum Gasteiger partial charge on any atom is 0.521 e. The van der Waals surface area contributed by atoms with Gasteiger partial charge in [0.15, 0.2) is 5.13 Å². The highest BCUT2D eigenvalue weighted by molar-refractivity contribution is 7.26. The molecular weight excluding hydrogens is 224 g/mol. The Bertz CT molecular complexity index is 333. The number of halogens is 3. The molecule has 0 bridgehead atoms. The number of hydrogen-bond acceptors (Lipinski definition) is 3. The molecule has 2 heterocycles. The molecule has 1 aliphatic heterocycles. The molecule has 0 saturated carbocycles. The van der Waals surface area contributed by atoms with Crippen LogP contribution in [-0.4, -0.2) is 25.1 Å². The van der Waals surface area contributed by atoms with Gasteiger partial charge in [0.05, 0.1) is 0 Å². The van der Waals surface area contributed by atoms with Crippen molar-refractivity contribution in [3.05, 3.63) is 6.20 Å². The number of piperidine rings is 1. The fourth-order valence-electron chi connectivity index (χ4n) is 1.66. The molecule has 1 saturated heterocycles. The van der Waals surface area contributed by atoms with Crippen LogP contribution in [0.25, 0.3) is 0 Å². The van der Waals surface area contributed by atoms with E-state index in [0.717, 1.165) is 49.9 Å². The Morgan fingerprint density at radius 1 is 1.20 bits per heavy atom. The van der Waals surface area contributed by atoms with Gasteiger partial charge in [0.1, 0.15) is 0 Å². The van der Waals surface area contributed by atoms with Crippen molar-refractivity contribution in [3.63, 3.8) is 0 Å². The Hall–Kier alpha value is -0.715. The van der Waals surface area contributed by atoms with Crippen LogP contribution in [-0.2, 0) is 0 Å². The van der Waals surface area contributed by atoms with Crippen LogP contribution in [0.3, 0.4) is 0 Å². The van der Waals surface area contributed by atoms with Crippen molar-refractivity contribution < 1.29 is 12.9 Å². The van der Waals surface area contributed by atoms with Gasteiger partial charge in [-0.25, -0.2) is 4.98 Å². The monoisotopic (exact) mass is 235 g/mol. The zero-order chi connectivity index (χ0) is 10.9. The highest BCUT2D eigenvalue weighted by Gasteiger charge is 2.29. The second-order valence-corrected chi connectivity index (χ2v) is 4.71. The molecule has 0 spiro atoms. The van der Waals surface area contributed by atoms with Gasteiger partial charge in [0.2, 0.25) is 0 Å². The fraction of sp³-hybridized carbons (Fsp3) is 0.625. The number of rotatable bonds is 2. The number of anilines is 1. The zero-order valence-corrected chi connectivity index (χ0v) is 8.94. The second kappa shape index (κ2) is 4.04. The predicted octanol–water partition coefficient (Wildman–Crippen LogP) is 2.19. The molecule has 2 rings (SSSR count). The first-order valence-corrected chi connectivity index (χ1v) is 5.79. The summed E-state index contributed by atoms with van der Waals surface area (Å²) in [5, 5.41) is 0.518. The van der Waals surface area contributed by atoms with Gasteiger partial charge in [-0.05, 0) is 24.0 Å². The average molecular weight is 235 g/mol. The van der Waals surface area contributed by atoms with E-state index < -0.39 is 11.8 Å². The second-order valence-electron chi connectivity index (χ2n) is 3.67. The van der Waals surface area contributed by atoms with Gasteiger partial charge < -0.3 is 17.8 Å². The predicted molar refractivity (Wildman–Crippen MR) is 56.9 cm³/mol. The van der Waals surface area contributed by atoms with Crippen molar-refractivity contribution in [1.82, 2.24) is 4.98 Å². The molecular formula is C8H11BF3N2S-. The summed E-state index contributed by atoms with van der Waals surface area (Å²) in [4.78, 5) is 5.79. The van der Waals surface area contributed by atoms with Crippen molar-refractivity contribution in [2.24, 2.45) is 0 Å². The van der Waals surface area contributed by atoms with Crippen molar-refractivity contribution in [3.8, 4) is 0 Å². The quantitative estimate of drug-likeness (QED) is 0.730. The molecule has 1 aromatic rings. The Balaban J connectivity index is 2.12. The number of nitrogens with zero attached hydrogens (tertiary/aromatic N) is 2. The van der Waals surface area contributed by atoms with E-state index in [1.54, 1.807) is 0 Å². The van der Waals surface area contributed by atoms with Gasteiger partial charge in [0, 0.05) is 19.3 Å². The Morgan fingerprint density at radius 3 is 2.40 bits per heavy atom. The fourth-order valence-corrected chi connectivity index (χ4v) is 2.53. The molecule has 0 amide bonds. The summed E-state index contributed by atoms with van der Waals surface area (Å²) < 4.78 is 36.6. The van der Waals surface area contributed by atoms with Gasteiger partial charge in [-0.3, -0.25) is 0 Å². The summed E-state index contributed by atoms with van der Waals surface area (Å²) in [6.07, 6.45) is 4.21. The third kappa shape index (κ3) is 2.45. The Morgan fingerprint density at radius 2 is 1.87 bits per heavy atom. The summed E-state index contributed by atoms with van der Waals surface area (Å²) in [6, 6.07) is 0. The standard InChI is InChI=1S/C8H11BF3N2S/c10-9(11,12)7-6-13-8(15-7)14-4-2-1-3-5-14/h6H,1-5H2/q-1. The van der Waals surface area contributed by atoms with E-state index >= 15 is 0 Å². The molecule has 1 aromatic heterocycles. The maximum absolute atomic E-state index is 12.4. The normalized spacial score (nSPS) is 18.2. The Labute approximate surface area is 90.2 Å². The minimum Gasteiger partial charge on any atom is -0.444 e. The van der Waals surface area contributed by atoms with E-state index in [-0.39, 0.29) is 0 Å². The lowest BCUT2D eigenvalue weighted by molar-refractivity contribution is 0.502. The summed E-state index contributed by atoms with van der Waals surface area (Å²) in [6.45, 7) is -3.22. The van der Waals surface area contributed by atoms with Crippen molar-refractivity contribution in [1.29, 1.82) is 0 Å². The van der Waals surface area contributed by atoms with Gasteiger partial charge in [0.25, 0.3) is 0 Å².